The monoisotopic (exact) mass is 399 g/mol. The second-order valence-corrected chi connectivity index (χ2v) is 6.65. The summed E-state index contributed by atoms with van der Waals surface area (Å²) >= 11 is 0. The number of nitrogens with one attached hydrogen (secondary N) is 2. The summed E-state index contributed by atoms with van der Waals surface area (Å²) < 4.78 is 33.5. The number of aromatic nitrogens is 3. The van der Waals surface area contributed by atoms with E-state index in [4.69, 9.17) is 4.74 Å². The van der Waals surface area contributed by atoms with E-state index >= 15 is 0 Å². The summed E-state index contributed by atoms with van der Waals surface area (Å²) in [6.07, 6.45) is 2.92. The van der Waals surface area contributed by atoms with Crippen molar-refractivity contribution in [1.29, 1.82) is 0 Å². The minimum absolute atomic E-state index is 0.0215. The molecule has 1 fully saturated rings. The minimum atomic E-state index is -0.783. The first kappa shape index (κ1) is 19.2. The van der Waals surface area contributed by atoms with Gasteiger partial charge in [-0.2, -0.15) is 5.10 Å². The molecule has 1 aliphatic rings. The molecule has 1 aliphatic heterocycles. The largest absolute Gasteiger partial charge is 0.379 e. The fourth-order valence-corrected chi connectivity index (χ4v) is 3.18. The molecule has 7 nitrogen and oxygen atoms in total. The zero-order valence-electron chi connectivity index (χ0n) is 15.5. The third-order valence-electron chi connectivity index (χ3n) is 4.67. The number of pyridine rings is 1. The Balaban J connectivity index is 1.47. The summed E-state index contributed by atoms with van der Waals surface area (Å²) in [4.78, 5) is 19.1. The molecule has 0 unspecified atom stereocenters. The lowest BCUT2D eigenvalue weighted by Crippen LogP contribution is -2.35. The van der Waals surface area contributed by atoms with E-state index in [0.717, 1.165) is 50.5 Å². The summed E-state index contributed by atoms with van der Waals surface area (Å²) in [5, 5.41) is 8.90. The van der Waals surface area contributed by atoms with Crippen LogP contribution in [0.15, 0.2) is 42.7 Å². The van der Waals surface area contributed by atoms with Crippen LogP contribution in [0.3, 0.4) is 0 Å². The molecule has 1 amide bonds. The number of aromatic amines is 1. The average molecular weight is 399 g/mol. The molecular weight excluding hydrogens is 380 g/mol. The molecule has 1 aromatic carbocycles. The van der Waals surface area contributed by atoms with Gasteiger partial charge in [-0.25, -0.2) is 13.8 Å². The third kappa shape index (κ3) is 4.30. The van der Waals surface area contributed by atoms with Crippen LogP contribution in [0.1, 0.15) is 15.9 Å². The maximum atomic E-state index is 14.1. The quantitative estimate of drug-likeness (QED) is 0.689. The first-order valence-electron chi connectivity index (χ1n) is 9.16. The van der Waals surface area contributed by atoms with E-state index in [0.29, 0.717) is 5.82 Å². The van der Waals surface area contributed by atoms with Gasteiger partial charge in [-0.1, -0.05) is 12.1 Å². The number of amides is 1. The van der Waals surface area contributed by atoms with Crippen molar-refractivity contribution in [1.82, 2.24) is 20.1 Å². The number of morpholine rings is 1. The number of carbonyl (C=O) groups is 1. The zero-order chi connectivity index (χ0) is 20.2. The molecule has 0 spiro atoms. The normalized spacial score (nSPS) is 14.7. The van der Waals surface area contributed by atoms with Gasteiger partial charge in [0.25, 0.3) is 5.91 Å². The molecule has 0 bridgehead atoms. The van der Waals surface area contributed by atoms with Crippen molar-refractivity contribution in [2.45, 2.75) is 6.54 Å². The van der Waals surface area contributed by atoms with E-state index in [-0.39, 0.29) is 16.8 Å². The van der Waals surface area contributed by atoms with Crippen LogP contribution >= 0.6 is 0 Å². The number of halogens is 2. The smallest absolute Gasteiger partial charge is 0.260 e. The number of hydrogen-bond donors (Lipinski definition) is 2. The van der Waals surface area contributed by atoms with Crippen LogP contribution < -0.4 is 5.32 Å². The fourth-order valence-electron chi connectivity index (χ4n) is 3.18. The van der Waals surface area contributed by atoms with Crippen LogP contribution in [-0.2, 0) is 11.3 Å². The Kier molecular flexibility index (Phi) is 5.59. The maximum Gasteiger partial charge on any atom is 0.260 e. The third-order valence-corrected chi connectivity index (χ3v) is 4.67. The Morgan fingerprint density at radius 3 is 2.59 bits per heavy atom. The van der Waals surface area contributed by atoms with Crippen molar-refractivity contribution in [2.75, 3.05) is 31.6 Å². The van der Waals surface area contributed by atoms with Gasteiger partial charge in [-0.3, -0.25) is 14.8 Å². The number of carbonyl (C=O) groups excluding carboxylic acids is 1. The Hall–Kier alpha value is -3.17. The van der Waals surface area contributed by atoms with Crippen LogP contribution in [-0.4, -0.2) is 52.3 Å². The molecule has 0 atom stereocenters. The number of nitrogens with zero attached hydrogens (tertiary/aromatic N) is 3. The number of benzene rings is 1. The Bertz CT molecular complexity index is 980. The zero-order valence-corrected chi connectivity index (χ0v) is 15.5. The van der Waals surface area contributed by atoms with E-state index in [9.17, 15) is 13.6 Å². The molecule has 29 heavy (non-hydrogen) atoms. The molecular formula is C20H19F2N5O2. The van der Waals surface area contributed by atoms with Gasteiger partial charge in [0.15, 0.2) is 0 Å². The highest BCUT2D eigenvalue weighted by molar-refractivity contribution is 6.07. The number of hydrogen-bond acceptors (Lipinski definition) is 5. The summed E-state index contributed by atoms with van der Waals surface area (Å²) in [7, 11) is 0. The maximum absolute atomic E-state index is 14.1. The lowest BCUT2D eigenvalue weighted by atomic mass is 10.1. The van der Waals surface area contributed by atoms with Crippen molar-refractivity contribution in [3.8, 4) is 11.3 Å². The second kappa shape index (κ2) is 8.46. The molecule has 3 aromatic rings. The number of anilines is 1. The summed E-state index contributed by atoms with van der Waals surface area (Å²) in [5.74, 6) is -1.80. The van der Waals surface area contributed by atoms with E-state index in [1.54, 1.807) is 12.3 Å². The summed E-state index contributed by atoms with van der Waals surface area (Å²) in [6.45, 7) is 3.93. The van der Waals surface area contributed by atoms with Gasteiger partial charge in [-0.15, -0.1) is 0 Å². The molecule has 3 heterocycles. The summed E-state index contributed by atoms with van der Waals surface area (Å²) in [5.41, 5.74) is 0.682. The van der Waals surface area contributed by atoms with Crippen molar-refractivity contribution in [3.63, 3.8) is 0 Å². The van der Waals surface area contributed by atoms with E-state index < -0.39 is 17.5 Å². The second-order valence-electron chi connectivity index (χ2n) is 6.65. The molecule has 1 saturated heterocycles. The standard InChI is InChI=1S/C20H19F2N5O2/c21-15-2-1-3-16(22)18(15)19-14(11-24-26-19)20(28)25-17-5-4-13(10-23-17)12-27-6-8-29-9-7-27/h1-5,10-11H,6-9,12H2,(H,24,26)(H,23,25,28). The number of rotatable bonds is 5. The molecule has 150 valence electrons. The Morgan fingerprint density at radius 1 is 1.14 bits per heavy atom. The number of ether oxygens (including phenoxy) is 1. The molecule has 2 N–H and O–H groups in total. The van der Waals surface area contributed by atoms with Crippen molar-refractivity contribution in [2.24, 2.45) is 0 Å². The van der Waals surface area contributed by atoms with Crippen LogP contribution in [0, 0.1) is 11.6 Å². The van der Waals surface area contributed by atoms with Crippen LogP contribution in [0.4, 0.5) is 14.6 Å². The topological polar surface area (TPSA) is 83.1 Å². The average Bonchev–Trinajstić information content (AvgIpc) is 3.20. The van der Waals surface area contributed by atoms with Gasteiger partial charge < -0.3 is 10.1 Å². The SMILES string of the molecule is O=C(Nc1ccc(CN2CCOCC2)cn1)c1cn[nH]c1-c1c(F)cccc1F. The van der Waals surface area contributed by atoms with Crippen molar-refractivity contribution in [3.05, 3.63) is 65.5 Å². The van der Waals surface area contributed by atoms with Crippen LogP contribution in [0.2, 0.25) is 0 Å². The number of H-pyrrole nitrogens is 1. The predicted molar refractivity (Wildman–Crippen MR) is 102 cm³/mol. The lowest BCUT2D eigenvalue weighted by Gasteiger charge is -2.26. The highest BCUT2D eigenvalue weighted by atomic mass is 19.1. The molecule has 4 rings (SSSR count). The molecule has 0 aliphatic carbocycles. The molecule has 0 radical (unpaired) electrons. The van der Waals surface area contributed by atoms with E-state index in [1.807, 2.05) is 6.07 Å². The minimum Gasteiger partial charge on any atom is -0.379 e. The van der Waals surface area contributed by atoms with Gasteiger partial charge >= 0.3 is 0 Å². The van der Waals surface area contributed by atoms with Gasteiger partial charge in [0.1, 0.15) is 17.5 Å². The highest BCUT2D eigenvalue weighted by Gasteiger charge is 2.21. The Labute approximate surface area is 165 Å². The predicted octanol–water partition coefficient (Wildman–Crippen LogP) is 2.83. The molecule has 2 aromatic heterocycles. The van der Waals surface area contributed by atoms with Gasteiger partial charge in [0.2, 0.25) is 0 Å². The van der Waals surface area contributed by atoms with Crippen LogP contribution in [0.25, 0.3) is 11.3 Å². The fraction of sp³-hybridized carbons (Fsp3) is 0.250. The van der Waals surface area contributed by atoms with Gasteiger partial charge in [0, 0.05) is 25.8 Å². The lowest BCUT2D eigenvalue weighted by molar-refractivity contribution is 0.0341. The molecule has 9 heteroatoms. The summed E-state index contributed by atoms with van der Waals surface area (Å²) in [6, 6.07) is 7.07. The van der Waals surface area contributed by atoms with Gasteiger partial charge in [-0.05, 0) is 23.8 Å². The Morgan fingerprint density at radius 2 is 1.90 bits per heavy atom. The first-order valence-corrected chi connectivity index (χ1v) is 9.16. The van der Waals surface area contributed by atoms with Gasteiger partial charge in [0.05, 0.1) is 36.2 Å². The van der Waals surface area contributed by atoms with Crippen molar-refractivity contribution >= 4 is 11.7 Å². The van der Waals surface area contributed by atoms with E-state index in [2.05, 4.69) is 25.4 Å². The van der Waals surface area contributed by atoms with Crippen molar-refractivity contribution < 1.29 is 18.3 Å². The van der Waals surface area contributed by atoms with E-state index in [1.165, 1.54) is 12.3 Å². The highest BCUT2D eigenvalue weighted by Crippen LogP contribution is 2.27. The first-order chi connectivity index (χ1) is 14.1. The molecule has 0 saturated carbocycles. The van der Waals surface area contributed by atoms with Crippen LogP contribution in [0.5, 0.6) is 0 Å².